The van der Waals surface area contributed by atoms with E-state index in [1.165, 1.54) is 103 Å². The van der Waals surface area contributed by atoms with Crippen LogP contribution < -0.4 is 10.2 Å². The number of ether oxygens (including phenoxy) is 1. The lowest BCUT2D eigenvalue weighted by molar-refractivity contribution is -0.870. The van der Waals surface area contributed by atoms with Crippen LogP contribution in [0, 0.1) is 0 Å². The molecule has 0 spiro atoms. The molecule has 0 aromatic heterocycles. The summed E-state index contributed by atoms with van der Waals surface area (Å²) >= 11 is 0. The molecule has 3 atom stereocenters. The molecule has 0 saturated heterocycles. The van der Waals surface area contributed by atoms with Gasteiger partial charge >= 0.3 is 5.97 Å². The van der Waals surface area contributed by atoms with Gasteiger partial charge in [0.15, 0.2) is 0 Å². The molecule has 0 saturated carbocycles. The Labute approximate surface area is 443 Å². The molecule has 1 N–H and O–H groups in total. The molecule has 72 heavy (non-hydrogen) atoms. The lowest BCUT2D eigenvalue weighted by atomic mass is 10.0. The number of hydrogen-bond donors (Lipinski definition) is 1. The zero-order valence-corrected chi connectivity index (χ0v) is 48.0. The summed E-state index contributed by atoms with van der Waals surface area (Å²) in [7, 11) is 1.12. The van der Waals surface area contributed by atoms with Crippen LogP contribution in [0.5, 0.6) is 0 Å². The van der Waals surface area contributed by atoms with Gasteiger partial charge in [-0.2, -0.15) is 0 Å². The van der Waals surface area contributed by atoms with Crippen molar-refractivity contribution in [2.45, 2.75) is 245 Å². The number of allylic oxidation sites excluding steroid dienone is 15. The Hall–Kier alpha value is -3.07. The fourth-order valence-electron chi connectivity index (χ4n) is 7.77. The van der Waals surface area contributed by atoms with Gasteiger partial charge in [0.1, 0.15) is 19.3 Å². The van der Waals surface area contributed by atoms with Crippen LogP contribution in [-0.2, 0) is 27.9 Å². The Balaban J connectivity index is 5.51. The van der Waals surface area contributed by atoms with Crippen molar-refractivity contribution in [3.63, 3.8) is 0 Å². The number of carbonyl (C=O) groups is 2. The molecule has 0 radical (unpaired) electrons. The molecule has 0 aliphatic heterocycles. The van der Waals surface area contributed by atoms with E-state index in [0.29, 0.717) is 23.9 Å². The predicted molar refractivity (Wildman–Crippen MR) is 307 cm³/mol. The second-order valence-electron chi connectivity index (χ2n) is 20.4. The number of nitrogens with one attached hydrogen (secondary N) is 1. The van der Waals surface area contributed by atoms with E-state index in [1.54, 1.807) is 6.08 Å². The smallest absolute Gasteiger partial charge is 0.306 e. The van der Waals surface area contributed by atoms with Gasteiger partial charge < -0.3 is 28.5 Å². The second kappa shape index (κ2) is 51.4. The van der Waals surface area contributed by atoms with E-state index in [-0.39, 0.29) is 31.3 Å². The predicted octanol–water partition coefficient (Wildman–Crippen LogP) is 17.0. The zero-order valence-electron chi connectivity index (χ0n) is 47.1. The summed E-state index contributed by atoms with van der Waals surface area (Å²) < 4.78 is 30.2. The van der Waals surface area contributed by atoms with E-state index in [4.69, 9.17) is 13.8 Å². The number of amides is 1. The van der Waals surface area contributed by atoms with Gasteiger partial charge in [0.2, 0.25) is 5.91 Å². The fraction of sp³-hybridized carbons (Fsp3) is 0.710. The molecule has 0 rings (SSSR count). The number of hydrogen-bond acceptors (Lipinski definition) is 7. The van der Waals surface area contributed by atoms with Crippen LogP contribution in [0.3, 0.4) is 0 Å². The van der Waals surface area contributed by atoms with Crippen molar-refractivity contribution in [1.29, 1.82) is 0 Å². The number of phosphoric acid groups is 1. The lowest BCUT2D eigenvalue weighted by Crippen LogP contribution is -2.47. The van der Waals surface area contributed by atoms with Crippen LogP contribution in [0.1, 0.15) is 233 Å². The molecular weight excluding hydrogens is 916 g/mol. The molecule has 414 valence electrons. The lowest BCUT2D eigenvalue weighted by Gasteiger charge is -2.30. The molecule has 0 aliphatic carbocycles. The number of nitrogens with zero attached hydrogens (tertiary/aromatic N) is 1. The highest BCUT2D eigenvalue weighted by Crippen LogP contribution is 2.38. The average Bonchev–Trinajstić information content (AvgIpc) is 3.34. The molecule has 10 heteroatoms. The third-order valence-electron chi connectivity index (χ3n) is 12.3. The van der Waals surface area contributed by atoms with Gasteiger partial charge in [-0.25, -0.2) is 0 Å². The summed E-state index contributed by atoms with van der Waals surface area (Å²) in [6, 6.07) is -0.939. The first kappa shape index (κ1) is 68.9. The van der Waals surface area contributed by atoms with Gasteiger partial charge in [-0.15, -0.1) is 0 Å². The maximum atomic E-state index is 13.5. The van der Waals surface area contributed by atoms with Gasteiger partial charge in [0, 0.05) is 12.8 Å². The minimum absolute atomic E-state index is 0.0421. The maximum Gasteiger partial charge on any atom is 0.306 e. The number of rotatable bonds is 51. The summed E-state index contributed by atoms with van der Waals surface area (Å²) in [6.45, 7) is 6.64. The summed E-state index contributed by atoms with van der Waals surface area (Å²) in [6.07, 6.45) is 68.2. The SMILES string of the molecule is CC/C=C\C/C=C\C/C=C\C/C=C\C/C=C\C/C=C\CCC(=O)NC(COP(=O)([O-])OCC[N+](C)(C)C)C(/C=C\CCCCCCCCCCCCC)OC(=O)CCCCC/C=C\CCCCCCCCC. The van der Waals surface area contributed by atoms with Gasteiger partial charge in [-0.3, -0.25) is 14.2 Å². The van der Waals surface area contributed by atoms with Crippen LogP contribution in [0.4, 0.5) is 0 Å². The highest BCUT2D eigenvalue weighted by atomic mass is 31.2. The van der Waals surface area contributed by atoms with Crippen LogP contribution in [-0.4, -0.2) is 69.4 Å². The molecule has 0 bridgehead atoms. The zero-order chi connectivity index (χ0) is 52.9. The molecule has 0 aliphatic rings. The van der Waals surface area contributed by atoms with E-state index < -0.39 is 26.6 Å². The van der Waals surface area contributed by atoms with Crippen LogP contribution in [0.2, 0.25) is 0 Å². The Morgan fingerprint density at radius 3 is 1.36 bits per heavy atom. The molecule has 0 fully saturated rings. The van der Waals surface area contributed by atoms with Crippen molar-refractivity contribution >= 4 is 19.7 Å². The van der Waals surface area contributed by atoms with Crippen molar-refractivity contribution in [2.24, 2.45) is 0 Å². The monoisotopic (exact) mass is 1020 g/mol. The number of esters is 1. The second-order valence-corrected chi connectivity index (χ2v) is 21.8. The van der Waals surface area contributed by atoms with E-state index >= 15 is 0 Å². The molecular formula is C62H109N2O7P. The third-order valence-corrected chi connectivity index (χ3v) is 13.2. The van der Waals surface area contributed by atoms with Gasteiger partial charge in [-0.05, 0) is 96.0 Å². The van der Waals surface area contributed by atoms with Gasteiger partial charge in [0.05, 0.1) is 33.8 Å². The summed E-state index contributed by atoms with van der Waals surface area (Å²) in [5.41, 5.74) is 0. The summed E-state index contributed by atoms with van der Waals surface area (Å²) in [4.78, 5) is 39.8. The molecule has 0 aromatic carbocycles. The molecule has 3 unspecified atom stereocenters. The Morgan fingerprint density at radius 2 is 0.903 bits per heavy atom. The summed E-state index contributed by atoms with van der Waals surface area (Å²) in [5.74, 6) is -0.662. The summed E-state index contributed by atoms with van der Waals surface area (Å²) in [5, 5.41) is 2.97. The fourth-order valence-corrected chi connectivity index (χ4v) is 8.50. The first-order valence-electron chi connectivity index (χ1n) is 29.0. The normalized spacial score (nSPS) is 14.5. The van der Waals surface area contributed by atoms with Crippen molar-refractivity contribution in [2.75, 3.05) is 40.9 Å². The van der Waals surface area contributed by atoms with E-state index in [2.05, 4.69) is 99.0 Å². The minimum Gasteiger partial charge on any atom is -0.756 e. The van der Waals surface area contributed by atoms with E-state index in [9.17, 15) is 19.0 Å². The van der Waals surface area contributed by atoms with Crippen LogP contribution in [0.25, 0.3) is 0 Å². The van der Waals surface area contributed by atoms with Crippen LogP contribution in [0.15, 0.2) is 97.2 Å². The number of phosphoric ester groups is 1. The van der Waals surface area contributed by atoms with Crippen molar-refractivity contribution < 1.29 is 37.3 Å². The van der Waals surface area contributed by atoms with E-state index in [1.807, 2.05) is 39.4 Å². The number of quaternary nitrogens is 1. The Morgan fingerprint density at radius 1 is 0.500 bits per heavy atom. The van der Waals surface area contributed by atoms with E-state index in [0.717, 1.165) is 83.5 Å². The molecule has 1 amide bonds. The quantitative estimate of drug-likeness (QED) is 0.0212. The molecule has 9 nitrogen and oxygen atoms in total. The topological polar surface area (TPSA) is 114 Å². The largest absolute Gasteiger partial charge is 0.756 e. The highest BCUT2D eigenvalue weighted by Gasteiger charge is 2.27. The van der Waals surface area contributed by atoms with Crippen molar-refractivity contribution in [3.05, 3.63) is 97.2 Å². The first-order valence-corrected chi connectivity index (χ1v) is 30.5. The number of unbranched alkanes of at least 4 members (excludes halogenated alkanes) is 21. The number of carbonyl (C=O) groups excluding carboxylic acids is 2. The van der Waals surface area contributed by atoms with Gasteiger partial charge in [-0.1, -0.05) is 221 Å². The Bertz CT molecular complexity index is 1560. The van der Waals surface area contributed by atoms with Crippen molar-refractivity contribution in [1.82, 2.24) is 5.32 Å². The first-order chi connectivity index (χ1) is 34.9. The van der Waals surface area contributed by atoms with Gasteiger partial charge in [0.25, 0.3) is 7.82 Å². The maximum absolute atomic E-state index is 13.5. The Kier molecular flexibility index (Phi) is 49.2. The third kappa shape index (κ3) is 51.8. The average molecular weight is 1030 g/mol. The molecule has 0 heterocycles. The van der Waals surface area contributed by atoms with Crippen molar-refractivity contribution in [3.8, 4) is 0 Å². The number of likely N-dealkylation sites (N-methyl/N-ethyl adjacent to an activating group) is 1. The van der Waals surface area contributed by atoms with Crippen LogP contribution >= 0.6 is 7.82 Å². The molecule has 0 aromatic rings. The highest BCUT2D eigenvalue weighted by molar-refractivity contribution is 7.45. The standard InChI is InChI=1S/C62H109N2O7P/c1-7-10-13-16-19-22-25-28-30-31-32-33-34-36-39-42-45-48-51-54-61(65)63-59(58-70-72(67,68)69-57-56-64(4,5)6)60(53-50-47-44-41-38-35-27-24-21-18-15-12-9-3)71-62(66)55-52-49-46-43-40-37-29-26-23-20-17-14-11-8-2/h10,13,19,22,28,30,32-33,36-37,39-40,45,48,50,53,59-60H,7-9,11-12,14-18,20-21,23-27,29,31,34-35,38,41-44,46-47,49,51-52,54-58H2,1-6H3,(H-,63,65,67,68)/b13-10-,22-19-,30-28-,33-32-,39-36-,40-37-,48-45-,53-50-. The minimum atomic E-state index is -4.72.